The van der Waals surface area contributed by atoms with Gasteiger partial charge in [0.25, 0.3) is 6.47 Å². The number of alkyl halides is 3. The topological polar surface area (TPSA) is 50.2 Å². The SMILES string of the molecule is ClC(Cl)Cl.O=CO.c1ccncc1. The van der Waals surface area contributed by atoms with Crippen molar-refractivity contribution in [3.8, 4) is 0 Å². The van der Waals surface area contributed by atoms with E-state index in [0.29, 0.717) is 0 Å². The number of halogens is 3. The normalized spacial score (nSPS) is 7.38. The van der Waals surface area contributed by atoms with Gasteiger partial charge >= 0.3 is 0 Å². The summed E-state index contributed by atoms with van der Waals surface area (Å²) >= 11 is 14.4. The van der Waals surface area contributed by atoms with Crippen LogP contribution in [0, 0.1) is 0 Å². The molecule has 1 aromatic heterocycles. The van der Waals surface area contributed by atoms with Gasteiger partial charge in [-0.3, -0.25) is 9.78 Å². The van der Waals surface area contributed by atoms with Crippen molar-refractivity contribution < 1.29 is 9.90 Å². The Kier molecular flexibility index (Phi) is 16.2. The number of rotatable bonds is 0. The molecule has 0 saturated carbocycles. The van der Waals surface area contributed by atoms with Crippen molar-refractivity contribution in [3.05, 3.63) is 30.6 Å². The molecule has 0 bridgehead atoms. The number of carboxylic acid groups (broad SMARTS) is 1. The van der Waals surface area contributed by atoms with E-state index in [0.717, 1.165) is 0 Å². The Hall–Kier alpha value is -0.510. The van der Waals surface area contributed by atoms with E-state index >= 15 is 0 Å². The Labute approximate surface area is 91.3 Å². The van der Waals surface area contributed by atoms with E-state index in [1.165, 1.54) is 0 Å². The minimum absolute atomic E-state index is 0.250. The molecule has 3 nitrogen and oxygen atoms in total. The third-order valence-corrected chi connectivity index (χ3v) is 0.566. The van der Waals surface area contributed by atoms with Crippen LogP contribution in [-0.4, -0.2) is 20.9 Å². The van der Waals surface area contributed by atoms with Crippen LogP contribution in [0.1, 0.15) is 0 Å². The van der Waals surface area contributed by atoms with Gasteiger partial charge in [-0.05, 0) is 12.1 Å². The predicted molar refractivity (Wildman–Crippen MR) is 54.3 cm³/mol. The average Bonchev–Trinajstić information content (AvgIpc) is 2.08. The van der Waals surface area contributed by atoms with Gasteiger partial charge in [0.1, 0.15) is 0 Å². The Morgan fingerprint density at radius 3 is 1.54 bits per heavy atom. The first kappa shape index (κ1) is 15.0. The van der Waals surface area contributed by atoms with E-state index in [4.69, 9.17) is 44.7 Å². The molecule has 0 spiro atoms. The second-order valence-corrected chi connectivity index (χ2v) is 3.36. The van der Waals surface area contributed by atoms with Crippen molar-refractivity contribution in [3.63, 3.8) is 0 Å². The van der Waals surface area contributed by atoms with E-state index in [-0.39, 0.29) is 6.47 Å². The summed E-state index contributed by atoms with van der Waals surface area (Å²) in [5.41, 5.74) is 0. The molecule has 0 saturated heterocycles. The Balaban J connectivity index is 0. The molecule has 1 aromatic rings. The van der Waals surface area contributed by atoms with Crippen LogP contribution in [0.2, 0.25) is 0 Å². The van der Waals surface area contributed by atoms with Crippen molar-refractivity contribution >= 4 is 41.3 Å². The molecule has 13 heavy (non-hydrogen) atoms. The zero-order valence-electron chi connectivity index (χ0n) is 6.48. The van der Waals surface area contributed by atoms with E-state index < -0.39 is 4.30 Å². The molecule has 0 unspecified atom stereocenters. The lowest BCUT2D eigenvalue weighted by Crippen LogP contribution is -1.58. The first-order chi connectivity index (χ1) is 6.15. The second kappa shape index (κ2) is 14.0. The third kappa shape index (κ3) is 34.3. The van der Waals surface area contributed by atoms with Crippen LogP contribution in [0.25, 0.3) is 0 Å². The maximum absolute atomic E-state index is 8.36. The Morgan fingerprint density at radius 2 is 1.46 bits per heavy atom. The fraction of sp³-hybridized carbons (Fsp3) is 0.143. The van der Waals surface area contributed by atoms with Gasteiger partial charge in [0.05, 0.1) is 0 Å². The molecular formula is C7H8Cl3NO2. The maximum atomic E-state index is 8.36. The lowest BCUT2D eigenvalue weighted by molar-refractivity contribution is -0.122. The smallest absolute Gasteiger partial charge is 0.290 e. The molecule has 1 rings (SSSR count). The van der Waals surface area contributed by atoms with Gasteiger partial charge in [0.2, 0.25) is 0 Å². The zero-order chi connectivity index (χ0) is 10.5. The Morgan fingerprint density at radius 1 is 1.15 bits per heavy atom. The van der Waals surface area contributed by atoms with Gasteiger partial charge < -0.3 is 5.11 Å². The molecule has 0 aliphatic heterocycles. The van der Waals surface area contributed by atoms with E-state index in [9.17, 15) is 0 Å². The minimum Gasteiger partial charge on any atom is -0.483 e. The molecule has 0 aliphatic carbocycles. The summed E-state index contributed by atoms with van der Waals surface area (Å²) in [7, 11) is 0. The maximum Gasteiger partial charge on any atom is 0.290 e. The molecule has 0 amide bonds. The van der Waals surface area contributed by atoms with Crippen molar-refractivity contribution in [2.75, 3.05) is 0 Å². The first-order valence-corrected chi connectivity index (χ1v) is 4.31. The molecule has 1 N–H and O–H groups in total. The fourth-order valence-corrected chi connectivity index (χ4v) is 0.313. The molecule has 74 valence electrons. The highest BCUT2D eigenvalue weighted by molar-refractivity contribution is 6.63. The largest absolute Gasteiger partial charge is 0.483 e. The second-order valence-electron chi connectivity index (χ2n) is 1.38. The van der Waals surface area contributed by atoms with Crippen LogP contribution in [0.4, 0.5) is 0 Å². The van der Waals surface area contributed by atoms with E-state index in [2.05, 4.69) is 4.98 Å². The van der Waals surface area contributed by atoms with Crippen LogP contribution in [-0.2, 0) is 4.79 Å². The van der Waals surface area contributed by atoms with E-state index in [1.54, 1.807) is 12.4 Å². The molecule has 0 fully saturated rings. The first-order valence-electron chi connectivity index (χ1n) is 3.00. The lowest BCUT2D eigenvalue weighted by atomic mass is 10.5. The molecule has 0 aromatic carbocycles. The summed E-state index contributed by atoms with van der Waals surface area (Å²) in [4.78, 5) is 12.1. The molecule has 0 aliphatic rings. The predicted octanol–water partition coefficient (Wildman–Crippen LogP) is 2.77. The number of carbonyl (C=O) groups is 1. The quantitative estimate of drug-likeness (QED) is 0.564. The highest BCUT2D eigenvalue weighted by atomic mass is 35.6. The van der Waals surface area contributed by atoms with Crippen LogP contribution in [0.3, 0.4) is 0 Å². The molecule has 6 heteroatoms. The standard InChI is InChI=1S/C5H5N.CHCl3.CH2O2/c1-2-4-6-5-3-1;2-1(3)4;2-1-3/h1-5H;1H;1H,(H,2,3). The molecule has 0 atom stereocenters. The van der Waals surface area contributed by atoms with Gasteiger partial charge in [0, 0.05) is 12.4 Å². The third-order valence-electron chi connectivity index (χ3n) is 0.566. The summed E-state index contributed by atoms with van der Waals surface area (Å²) in [5, 5.41) is 6.89. The fourth-order valence-electron chi connectivity index (χ4n) is 0.313. The number of hydrogen-bond donors (Lipinski definition) is 1. The van der Waals surface area contributed by atoms with Gasteiger partial charge in [-0.25, -0.2) is 0 Å². The summed E-state index contributed by atoms with van der Waals surface area (Å²) in [6.45, 7) is -0.250. The average molecular weight is 245 g/mol. The van der Waals surface area contributed by atoms with Gasteiger partial charge in [0.15, 0.2) is 4.30 Å². The summed E-state index contributed by atoms with van der Waals surface area (Å²) in [6.07, 6.45) is 3.50. The van der Waals surface area contributed by atoms with Crippen LogP contribution in [0.5, 0.6) is 0 Å². The van der Waals surface area contributed by atoms with Gasteiger partial charge in [-0.2, -0.15) is 0 Å². The van der Waals surface area contributed by atoms with Crippen molar-refractivity contribution in [1.29, 1.82) is 0 Å². The summed E-state index contributed by atoms with van der Waals surface area (Å²) in [5.74, 6) is 0. The van der Waals surface area contributed by atoms with Crippen molar-refractivity contribution in [1.82, 2.24) is 4.98 Å². The lowest BCUT2D eigenvalue weighted by Gasteiger charge is -1.70. The van der Waals surface area contributed by atoms with Crippen molar-refractivity contribution in [2.45, 2.75) is 4.30 Å². The summed E-state index contributed by atoms with van der Waals surface area (Å²) < 4.78 is -0.750. The minimum atomic E-state index is -0.750. The van der Waals surface area contributed by atoms with Gasteiger partial charge in [-0.15, -0.1) is 0 Å². The molecule has 1 heterocycles. The number of nitrogens with zero attached hydrogens (tertiary/aromatic N) is 1. The van der Waals surface area contributed by atoms with Crippen molar-refractivity contribution in [2.24, 2.45) is 0 Å². The molecule has 0 radical (unpaired) electrons. The zero-order valence-corrected chi connectivity index (χ0v) is 8.75. The van der Waals surface area contributed by atoms with Crippen LogP contribution >= 0.6 is 34.8 Å². The van der Waals surface area contributed by atoms with Crippen LogP contribution < -0.4 is 0 Å². The highest BCUT2D eigenvalue weighted by Crippen LogP contribution is 2.03. The monoisotopic (exact) mass is 243 g/mol. The van der Waals surface area contributed by atoms with Gasteiger partial charge in [-0.1, -0.05) is 40.9 Å². The van der Waals surface area contributed by atoms with E-state index in [1.807, 2.05) is 18.2 Å². The van der Waals surface area contributed by atoms with Crippen LogP contribution in [0.15, 0.2) is 30.6 Å². The summed E-state index contributed by atoms with van der Waals surface area (Å²) in [6, 6.07) is 5.72. The number of hydrogen-bond acceptors (Lipinski definition) is 2. The highest BCUT2D eigenvalue weighted by Gasteiger charge is 1.78. The molecular weight excluding hydrogens is 236 g/mol. The Bertz CT molecular complexity index is 155. The number of aromatic nitrogens is 1. The number of pyridine rings is 1.